The van der Waals surface area contributed by atoms with E-state index in [4.69, 9.17) is 29.9 Å². The molecule has 22 rings (SSSR count). The van der Waals surface area contributed by atoms with Gasteiger partial charge in [-0.1, -0.05) is 231 Å². The Bertz CT molecular complexity index is 7480. The lowest BCUT2D eigenvalue weighted by Crippen LogP contribution is -1.91. The zero-order chi connectivity index (χ0) is 72.6. The van der Waals surface area contributed by atoms with Crippen molar-refractivity contribution in [2.24, 2.45) is 0 Å². The normalized spacial score (nSPS) is 11.6. The Kier molecular flexibility index (Phi) is 15.3. The minimum Gasteiger partial charge on any atom is -0.256 e. The van der Waals surface area contributed by atoms with Gasteiger partial charge >= 0.3 is 0 Å². The Morgan fingerprint density at radius 2 is 0.500 bits per heavy atom. The summed E-state index contributed by atoms with van der Waals surface area (Å²) in [4.78, 5) is 49.2. The smallest absolute Gasteiger partial charge is 0.0972 e. The fourth-order valence-electron chi connectivity index (χ4n) is 15.5. The molecule has 22 aromatic rings. The molecule has 110 heavy (non-hydrogen) atoms. The van der Waals surface area contributed by atoms with Gasteiger partial charge in [-0.15, -0.1) is 0 Å². The first-order valence-electron chi connectivity index (χ1n) is 36.8. The van der Waals surface area contributed by atoms with E-state index in [1.54, 1.807) is 0 Å². The van der Waals surface area contributed by atoms with Crippen LogP contribution in [-0.2, 0) is 0 Å². The molecule has 0 saturated heterocycles. The fraction of sp³-hybridized carbons (Fsp3) is 0. The van der Waals surface area contributed by atoms with Crippen LogP contribution >= 0.6 is 0 Å². The van der Waals surface area contributed by atoms with Crippen molar-refractivity contribution in [1.29, 1.82) is 0 Å². The van der Waals surface area contributed by atoms with Gasteiger partial charge in [0.05, 0.1) is 89.3 Å². The first-order chi connectivity index (χ1) is 54.4. The third kappa shape index (κ3) is 11.6. The lowest BCUT2D eigenvalue weighted by molar-refractivity contribution is 1.36. The summed E-state index contributed by atoms with van der Waals surface area (Å²) in [6.45, 7) is 0. The molecule has 0 aliphatic rings. The Balaban J connectivity index is 0.000000142. The highest BCUT2D eigenvalue weighted by atomic mass is 14.8. The molecule has 0 fully saturated rings. The molecule has 0 aliphatic carbocycles. The maximum absolute atomic E-state index is 5.20. The molecule has 0 radical (unpaired) electrons. The monoisotopic (exact) mass is 1400 g/mol. The molecule has 0 N–H and O–H groups in total. The summed E-state index contributed by atoms with van der Waals surface area (Å²) in [5.41, 5.74) is 28.1. The van der Waals surface area contributed by atoms with Crippen molar-refractivity contribution in [2.75, 3.05) is 0 Å². The van der Waals surface area contributed by atoms with Gasteiger partial charge in [-0.2, -0.15) is 0 Å². The van der Waals surface area contributed by atoms with E-state index in [1.807, 2.05) is 97.6 Å². The van der Waals surface area contributed by atoms with Crippen LogP contribution in [0.25, 0.3) is 221 Å². The molecule has 0 unspecified atom stereocenters. The van der Waals surface area contributed by atoms with Gasteiger partial charge in [0.15, 0.2) is 0 Å². The number of fused-ring (bicyclic) bond motifs is 13. The van der Waals surface area contributed by atoms with Crippen LogP contribution in [-0.4, -0.2) is 49.8 Å². The Morgan fingerprint density at radius 3 is 1.06 bits per heavy atom. The largest absolute Gasteiger partial charge is 0.256 e. The van der Waals surface area contributed by atoms with E-state index in [0.29, 0.717) is 0 Å². The van der Waals surface area contributed by atoms with Gasteiger partial charge in [-0.3, -0.25) is 19.9 Å². The van der Waals surface area contributed by atoms with Gasteiger partial charge < -0.3 is 0 Å². The van der Waals surface area contributed by atoms with Gasteiger partial charge in [0.25, 0.3) is 0 Å². The van der Waals surface area contributed by atoms with Crippen molar-refractivity contribution in [3.05, 3.63) is 365 Å². The molecule has 0 bridgehead atoms. The van der Waals surface area contributed by atoms with Crippen molar-refractivity contribution in [3.63, 3.8) is 0 Å². The topological polar surface area (TPSA) is 129 Å². The third-order valence-corrected chi connectivity index (χ3v) is 21.3. The molecule has 10 nitrogen and oxygen atoms in total. The first-order valence-corrected chi connectivity index (χ1v) is 36.8. The second-order valence-electron chi connectivity index (χ2n) is 27.9. The molecule has 0 saturated carbocycles. The van der Waals surface area contributed by atoms with Crippen LogP contribution in [0.1, 0.15) is 0 Å². The summed E-state index contributed by atoms with van der Waals surface area (Å²) in [7, 11) is 0. The first kappa shape index (κ1) is 63.5. The van der Waals surface area contributed by atoms with Crippen molar-refractivity contribution >= 4 is 120 Å². The predicted molar refractivity (Wildman–Crippen MR) is 452 cm³/mol. The molecule has 12 aromatic carbocycles. The van der Waals surface area contributed by atoms with Crippen molar-refractivity contribution in [1.82, 2.24) is 49.8 Å². The summed E-state index contributed by atoms with van der Waals surface area (Å²) in [6, 6.07) is 119. The van der Waals surface area contributed by atoms with E-state index in [2.05, 4.69) is 287 Å². The van der Waals surface area contributed by atoms with Gasteiger partial charge in [-0.25, -0.2) is 29.9 Å². The molecule has 510 valence electrons. The van der Waals surface area contributed by atoms with E-state index < -0.39 is 0 Å². The van der Waals surface area contributed by atoms with Crippen LogP contribution in [0.15, 0.2) is 365 Å². The average molecular weight is 1400 g/mol. The Labute approximate surface area is 631 Å². The molecule has 0 amide bonds. The molecular formula is C100H60N10. The highest BCUT2D eigenvalue weighted by Gasteiger charge is 2.17. The number of hydrogen-bond acceptors (Lipinski definition) is 10. The summed E-state index contributed by atoms with van der Waals surface area (Å²) in [5.74, 6) is 0. The number of nitrogens with zero attached hydrogens (tertiary/aromatic N) is 10. The minimum atomic E-state index is 0.910. The molecule has 10 heterocycles. The van der Waals surface area contributed by atoms with E-state index in [-0.39, 0.29) is 0 Å². The van der Waals surface area contributed by atoms with E-state index >= 15 is 0 Å². The maximum atomic E-state index is 5.20. The van der Waals surface area contributed by atoms with Gasteiger partial charge in [0, 0.05) is 112 Å². The number of rotatable bonds is 9. The zero-order valence-corrected chi connectivity index (χ0v) is 59.1. The third-order valence-electron chi connectivity index (χ3n) is 21.3. The molecule has 10 aromatic heterocycles. The summed E-state index contributed by atoms with van der Waals surface area (Å²) >= 11 is 0. The van der Waals surface area contributed by atoms with Gasteiger partial charge in [0.1, 0.15) is 0 Å². The standard InChI is InChI=1S/C55H33N5.C45H27N5/c1-2-6-34(7-3-1)47-25-22-37-12-13-38-23-26-49(60-55(38)54(37)59-47)43-19-17-39-30-40(15-16-41(39)31-43)42-14-10-35-20-24-48(57-52(35)32-42)44-18-11-36-21-27-51(58-53(36)33-44)46-28-29-56-50-9-5-4-8-45(46)50;1-2-6-40-36(5-1)37(22-24-46-40)41-20-17-31-12-14-34(27-43(31)50-41)39-19-16-30-11-13-33(26-42(30)49-39)28-7-9-29(10-8-28)35-21-25-48-45-38(35)18-15-32-4-3-23-47-44(32)45/h1-33H;1-27H. The van der Waals surface area contributed by atoms with E-state index in [1.165, 1.54) is 5.39 Å². The molecule has 0 aliphatic heterocycles. The Morgan fingerprint density at radius 1 is 0.145 bits per heavy atom. The zero-order valence-electron chi connectivity index (χ0n) is 59.1. The van der Waals surface area contributed by atoms with E-state index in [0.717, 1.165) is 215 Å². The maximum Gasteiger partial charge on any atom is 0.0972 e. The van der Waals surface area contributed by atoms with Crippen LogP contribution in [0.2, 0.25) is 0 Å². The second-order valence-corrected chi connectivity index (χ2v) is 27.9. The van der Waals surface area contributed by atoms with Crippen LogP contribution in [0.3, 0.4) is 0 Å². The number of para-hydroxylation sites is 2. The second kappa shape index (κ2) is 26.5. The highest BCUT2D eigenvalue weighted by molar-refractivity contribution is 6.09. The van der Waals surface area contributed by atoms with Crippen molar-refractivity contribution < 1.29 is 0 Å². The highest BCUT2D eigenvalue weighted by Crippen LogP contribution is 2.39. The van der Waals surface area contributed by atoms with Crippen LogP contribution in [0.5, 0.6) is 0 Å². The van der Waals surface area contributed by atoms with Crippen LogP contribution in [0.4, 0.5) is 0 Å². The van der Waals surface area contributed by atoms with Gasteiger partial charge in [-0.05, 0) is 153 Å². The predicted octanol–water partition coefficient (Wildman–Crippen LogP) is 25.0. The Hall–Kier alpha value is -15.0. The van der Waals surface area contributed by atoms with Crippen molar-refractivity contribution in [2.45, 2.75) is 0 Å². The number of hydrogen-bond donors (Lipinski definition) is 0. The van der Waals surface area contributed by atoms with Gasteiger partial charge in [0.2, 0.25) is 0 Å². The summed E-state index contributed by atoms with van der Waals surface area (Å²) < 4.78 is 0. The lowest BCUT2D eigenvalue weighted by Gasteiger charge is -2.10. The lowest BCUT2D eigenvalue weighted by atomic mass is 9.97. The number of benzene rings is 12. The van der Waals surface area contributed by atoms with E-state index in [9.17, 15) is 0 Å². The minimum absolute atomic E-state index is 0.910. The quantitative estimate of drug-likeness (QED) is 0.129. The molecule has 10 heteroatoms. The van der Waals surface area contributed by atoms with Crippen molar-refractivity contribution in [3.8, 4) is 101 Å². The number of aromatic nitrogens is 10. The van der Waals surface area contributed by atoms with Crippen LogP contribution < -0.4 is 0 Å². The molecule has 0 atom stereocenters. The average Bonchev–Trinajstić information content (AvgIpc) is 0.813. The molecular weight excluding hydrogens is 1340 g/mol. The molecule has 0 spiro atoms. The SMILES string of the molecule is c1ccc(-c2ccc3ccc4ccc(-c5ccc6cc(-c7ccc8ccc(-c9ccc%10ccc(-c%11ccnc%12ccccc%11%12)nc%10c9)nc8c7)ccc6c5)nc4c3n2)cc1.c1cnc2c(c1)ccc1c(-c3ccc(-c4ccc5ccc(-c6ccc7ccc(-c8ccnc9ccccc89)nc7c6)nc5c4)cc3)ccnc12. The summed E-state index contributed by atoms with van der Waals surface area (Å²) in [5, 5.41) is 13.2. The van der Waals surface area contributed by atoms with Crippen LogP contribution in [0, 0.1) is 0 Å². The number of pyridine rings is 10. The fourth-order valence-corrected chi connectivity index (χ4v) is 15.5. The summed E-state index contributed by atoms with van der Waals surface area (Å²) in [6.07, 6.45) is 7.41.